The molecule has 1 aliphatic rings. The molecule has 0 bridgehead atoms. The van der Waals surface area contributed by atoms with Crippen molar-refractivity contribution in [2.75, 3.05) is 13.1 Å². The average molecular weight is 334 g/mol. The van der Waals surface area contributed by atoms with Crippen LogP contribution in [-0.2, 0) is 5.41 Å². The number of hydrogen-bond donors (Lipinski definition) is 1. The second-order valence-electron chi connectivity index (χ2n) is 5.12. The Morgan fingerprint density at radius 1 is 1.15 bits per heavy atom. The number of hydrogen-bond acceptors (Lipinski definition) is 3. The Labute approximate surface area is 126 Å². The number of ketones is 1. The highest BCUT2D eigenvalue weighted by atomic mass is 79.9. The van der Waals surface area contributed by atoms with Crippen molar-refractivity contribution in [3.63, 3.8) is 0 Å². The first-order chi connectivity index (χ1) is 9.74. The van der Waals surface area contributed by atoms with Crippen LogP contribution >= 0.6 is 15.9 Å². The number of nitrogens with one attached hydrogen (secondary N) is 1. The highest BCUT2D eigenvalue weighted by molar-refractivity contribution is 9.10. The van der Waals surface area contributed by atoms with Gasteiger partial charge in [-0.05, 0) is 53.5 Å². The van der Waals surface area contributed by atoms with Gasteiger partial charge in [-0.2, -0.15) is 0 Å². The lowest BCUT2D eigenvalue weighted by molar-refractivity contribution is 0.0816. The third kappa shape index (κ3) is 2.23. The summed E-state index contributed by atoms with van der Waals surface area (Å²) in [6.45, 7) is 1.69. The smallest absolute Gasteiger partial charge is 0.209 e. The van der Waals surface area contributed by atoms with Crippen LogP contribution < -0.4 is 5.32 Å². The molecule has 0 saturated carbocycles. The van der Waals surface area contributed by atoms with Crippen LogP contribution in [0, 0.1) is 0 Å². The van der Waals surface area contributed by atoms with E-state index in [-0.39, 0.29) is 5.78 Å². The van der Waals surface area contributed by atoms with Gasteiger partial charge < -0.3 is 9.73 Å². The zero-order chi connectivity index (χ0) is 14.0. The Balaban J connectivity index is 2.07. The largest absolute Gasteiger partial charge is 0.460 e. The first kappa shape index (κ1) is 13.6. The molecule has 0 atom stereocenters. The maximum Gasteiger partial charge on any atom is 0.209 e. The molecule has 1 aromatic carbocycles. The van der Waals surface area contributed by atoms with Crippen LogP contribution in [0.3, 0.4) is 0 Å². The standard InChI is InChI=1S/C16H16BrNO2/c17-13-6-11-20-14(13)15(19)16(7-9-18-10-8-16)12-4-2-1-3-5-12/h1-6,11,18H,7-10H2. The van der Waals surface area contributed by atoms with Gasteiger partial charge in [0, 0.05) is 0 Å². The van der Waals surface area contributed by atoms with Crippen molar-refractivity contribution in [2.45, 2.75) is 18.3 Å². The third-order valence-corrected chi connectivity index (χ3v) is 4.67. The molecular formula is C16H16BrNO2. The topological polar surface area (TPSA) is 42.2 Å². The van der Waals surface area contributed by atoms with E-state index in [0.717, 1.165) is 36.0 Å². The number of carbonyl (C=O) groups excluding carboxylic acids is 1. The average Bonchev–Trinajstić information content (AvgIpc) is 2.94. The molecule has 4 heteroatoms. The maximum atomic E-state index is 13.1. The normalized spacial score (nSPS) is 17.9. The number of rotatable bonds is 3. The zero-order valence-electron chi connectivity index (χ0n) is 11.1. The molecule has 0 spiro atoms. The molecule has 0 aliphatic carbocycles. The molecule has 3 rings (SSSR count). The van der Waals surface area contributed by atoms with Crippen LogP contribution in [0.1, 0.15) is 29.0 Å². The van der Waals surface area contributed by atoms with Gasteiger partial charge in [-0.1, -0.05) is 30.3 Å². The van der Waals surface area contributed by atoms with Crippen molar-refractivity contribution >= 4 is 21.7 Å². The second-order valence-corrected chi connectivity index (χ2v) is 5.98. The highest BCUT2D eigenvalue weighted by Crippen LogP contribution is 2.38. The van der Waals surface area contributed by atoms with E-state index in [2.05, 4.69) is 21.2 Å². The van der Waals surface area contributed by atoms with Crippen molar-refractivity contribution in [1.29, 1.82) is 0 Å². The van der Waals surface area contributed by atoms with E-state index in [4.69, 9.17) is 4.42 Å². The van der Waals surface area contributed by atoms with E-state index >= 15 is 0 Å². The fourth-order valence-electron chi connectivity index (χ4n) is 2.93. The fraction of sp³-hybridized carbons (Fsp3) is 0.312. The summed E-state index contributed by atoms with van der Waals surface area (Å²) in [7, 11) is 0. The van der Waals surface area contributed by atoms with Gasteiger partial charge in [-0.25, -0.2) is 0 Å². The molecule has 1 aromatic heterocycles. The molecule has 2 aromatic rings. The number of furan rings is 1. The summed E-state index contributed by atoms with van der Waals surface area (Å²) >= 11 is 3.40. The molecule has 0 amide bonds. The van der Waals surface area contributed by atoms with Gasteiger partial charge in [0.15, 0.2) is 5.76 Å². The van der Waals surface area contributed by atoms with Gasteiger partial charge in [0.1, 0.15) is 0 Å². The predicted octanol–water partition coefficient (Wildman–Crippen LogP) is 3.55. The van der Waals surface area contributed by atoms with Crippen LogP contribution in [0.2, 0.25) is 0 Å². The zero-order valence-corrected chi connectivity index (χ0v) is 12.7. The molecule has 1 saturated heterocycles. The monoisotopic (exact) mass is 333 g/mol. The number of piperidine rings is 1. The molecule has 20 heavy (non-hydrogen) atoms. The summed E-state index contributed by atoms with van der Waals surface area (Å²) in [5.74, 6) is 0.498. The van der Waals surface area contributed by atoms with Crippen molar-refractivity contribution in [3.8, 4) is 0 Å². The van der Waals surface area contributed by atoms with E-state index in [1.807, 2.05) is 30.3 Å². The summed E-state index contributed by atoms with van der Waals surface area (Å²) in [6.07, 6.45) is 3.14. The Hall–Kier alpha value is -1.39. The first-order valence-electron chi connectivity index (χ1n) is 6.78. The third-order valence-electron chi connectivity index (χ3n) is 4.04. The SMILES string of the molecule is O=C(c1occc1Br)C1(c2ccccc2)CCNCC1. The van der Waals surface area contributed by atoms with Crippen molar-refractivity contribution in [3.05, 3.63) is 58.5 Å². The molecule has 1 fully saturated rings. The summed E-state index contributed by atoms with van der Waals surface area (Å²) in [5.41, 5.74) is 0.599. The lowest BCUT2D eigenvalue weighted by atomic mass is 9.69. The van der Waals surface area contributed by atoms with Gasteiger partial charge in [0.2, 0.25) is 5.78 Å². The van der Waals surface area contributed by atoms with Crippen LogP contribution in [0.4, 0.5) is 0 Å². The second kappa shape index (κ2) is 5.54. The molecular weight excluding hydrogens is 318 g/mol. The van der Waals surface area contributed by atoms with Gasteiger partial charge >= 0.3 is 0 Å². The number of Topliss-reactive ketones (excluding diaryl/α,β-unsaturated/α-hetero) is 1. The van der Waals surface area contributed by atoms with E-state index < -0.39 is 5.41 Å². The minimum atomic E-state index is -0.479. The van der Waals surface area contributed by atoms with Crippen LogP contribution in [0.15, 0.2) is 51.6 Å². The molecule has 1 aliphatic heterocycles. The van der Waals surface area contributed by atoms with Gasteiger partial charge in [-0.15, -0.1) is 0 Å². The van der Waals surface area contributed by atoms with Crippen molar-refractivity contribution in [2.24, 2.45) is 0 Å². The molecule has 2 heterocycles. The lowest BCUT2D eigenvalue weighted by Crippen LogP contribution is -2.45. The maximum absolute atomic E-state index is 13.1. The van der Waals surface area contributed by atoms with Crippen molar-refractivity contribution in [1.82, 2.24) is 5.32 Å². The minimum absolute atomic E-state index is 0.0714. The Morgan fingerprint density at radius 2 is 1.85 bits per heavy atom. The van der Waals surface area contributed by atoms with Crippen molar-refractivity contribution < 1.29 is 9.21 Å². The Morgan fingerprint density at radius 3 is 2.45 bits per heavy atom. The minimum Gasteiger partial charge on any atom is -0.460 e. The number of benzene rings is 1. The Kier molecular flexibility index (Phi) is 3.76. The highest BCUT2D eigenvalue weighted by Gasteiger charge is 2.43. The van der Waals surface area contributed by atoms with E-state index in [1.54, 1.807) is 12.3 Å². The Bertz CT molecular complexity index is 600. The van der Waals surface area contributed by atoms with E-state index in [9.17, 15) is 4.79 Å². The summed E-state index contributed by atoms with van der Waals surface area (Å²) < 4.78 is 6.14. The van der Waals surface area contributed by atoms with E-state index in [1.165, 1.54) is 0 Å². The summed E-state index contributed by atoms with van der Waals surface area (Å²) in [5, 5.41) is 3.33. The lowest BCUT2D eigenvalue weighted by Gasteiger charge is -2.36. The molecule has 0 radical (unpaired) electrons. The van der Waals surface area contributed by atoms with Gasteiger partial charge in [0.05, 0.1) is 16.2 Å². The van der Waals surface area contributed by atoms with Crippen LogP contribution in [-0.4, -0.2) is 18.9 Å². The fourth-order valence-corrected chi connectivity index (χ4v) is 3.31. The molecule has 0 unspecified atom stereocenters. The van der Waals surface area contributed by atoms with Crippen LogP contribution in [0.5, 0.6) is 0 Å². The van der Waals surface area contributed by atoms with Gasteiger partial charge in [0.25, 0.3) is 0 Å². The summed E-state index contributed by atoms with van der Waals surface area (Å²) in [6, 6.07) is 11.8. The van der Waals surface area contributed by atoms with Crippen LogP contribution in [0.25, 0.3) is 0 Å². The predicted molar refractivity (Wildman–Crippen MR) is 81.0 cm³/mol. The number of carbonyl (C=O) groups is 1. The molecule has 3 nitrogen and oxygen atoms in total. The quantitative estimate of drug-likeness (QED) is 0.873. The summed E-state index contributed by atoms with van der Waals surface area (Å²) in [4.78, 5) is 13.1. The van der Waals surface area contributed by atoms with Gasteiger partial charge in [-0.3, -0.25) is 4.79 Å². The molecule has 104 valence electrons. The first-order valence-corrected chi connectivity index (χ1v) is 7.57. The molecule has 1 N–H and O–H groups in total. The number of halogens is 1. The van der Waals surface area contributed by atoms with E-state index in [0.29, 0.717) is 5.76 Å².